The summed E-state index contributed by atoms with van der Waals surface area (Å²) in [7, 11) is 0. The SMILES string of the molecule is CCCC/C=C\CCCCCCCCOCC(COC(=O)CCCCCCCCCCCCCCC)OC(=O)CCCCCCCCCCC. The molecule has 0 aliphatic heterocycles. The van der Waals surface area contributed by atoms with Crippen LogP contribution in [0.4, 0.5) is 0 Å². The highest BCUT2D eigenvalue weighted by atomic mass is 16.6. The lowest BCUT2D eigenvalue weighted by atomic mass is 10.0. The lowest BCUT2D eigenvalue weighted by Gasteiger charge is -2.18. The number of carbonyl (C=O) groups excluding carboxylic acids is 2. The highest BCUT2D eigenvalue weighted by Gasteiger charge is 2.17. The van der Waals surface area contributed by atoms with E-state index in [1.807, 2.05) is 0 Å². The fourth-order valence-electron chi connectivity index (χ4n) is 6.43. The first kappa shape index (κ1) is 48.6. The summed E-state index contributed by atoms with van der Waals surface area (Å²) in [4.78, 5) is 25.1. The monoisotopic (exact) mass is 707 g/mol. The van der Waals surface area contributed by atoms with Crippen molar-refractivity contribution in [2.75, 3.05) is 19.8 Å². The highest BCUT2D eigenvalue weighted by molar-refractivity contribution is 5.70. The van der Waals surface area contributed by atoms with Gasteiger partial charge in [-0.3, -0.25) is 9.59 Å². The van der Waals surface area contributed by atoms with Gasteiger partial charge in [-0.25, -0.2) is 0 Å². The Labute approximate surface area is 312 Å². The van der Waals surface area contributed by atoms with Crippen molar-refractivity contribution in [1.29, 1.82) is 0 Å². The maximum atomic E-state index is 12.6. The molecule has 0 fully saturated rings. The first-order valence-electron chi connectivity index (χ1n) is 22.2. The second kappa shape index (κ2) is 42.1. The zero-order valence-electron chi connectivity index (χ0n) is 33.9. The summed E-state index contributed by atoms with van der Waals surface area (Å²) in [5.41, 5.74) is 0. The van der Waals surface area contributed by atoms with E-state index in [-0.39, 0.29) is 18.5 Å². The molecule has 0 aromatic carbocycles. The molecular weight excluding hydrogens is 620 g/mol. The Morgan fingerprint density at radius 3 is 1.28 bits per heavy atom. The van der Waals surface area contributed by atoms with Crippen LogP contribution in [0.15, 0.2) is 12.2 Å². The van der Waals surface area contributed by atoms with Crippen LogP contribution in [-0.2, 0) is 23.8 Å². The van der Waals surface area contributed by atoms with Gasteiger partial charge >= 0.3 is 11.9 Å². The van der Waals surface area contributed by atoms with Crippen LogP contribution in [0.3, 0.4) is 0 Å². The molecule has 5 nitrogen and oxygen atoms in total. The molecule has 1 unspecified atom stereocenters. The van der Waals surface area contributed by atoms with Gasteiger partial charge in [-0.15, -0.1) is 0 Å². The van der Waals surface area contributed by atoms with E-state index in [4.69, 9.17) is 14.2 Å². The highest BCUT2D eigenvalue weighted by Crippen LogP contribution is 2.15. The Bertz CT molecular complexity index is 720. The first-order chi connectivity index (χ1) is 24.6. The van der Waals surface area contributed by atoms with Gasteiger partial charge < -0.3 is 14.2 Å². The molecule has 0 saturated carbocycles. The summed E-state index contributed by atoms with van der Waals surface area (Å²) in [6, 6.07) is 0. The van der Waals surface area contributed by atoms with Crippen molar-refractivity contribution in [2.45, 2.75) is 245 Å². The molecule has 296 valence electrons. The predicted octanol–water partition coefficient (Wildman–Crippen LogP) is 14.3. The summed E-state index contributed by atoms with van der Waals surface area (Å²) in [6.45, 7) is 7.80. The van der Waals surface area contributed by atoms with Crippen LogP contribution in [0.5, 0.6) is 0 Å². The average molecular weight is 707 g/mol. The van der Waals surface area contributed by atoms with Crippen LogP contribution in [0.25, 0.3) is 0 Å². The summed E-state index contributed by atoms with van der Waals surface area (Å²) in [5, 5.41) is 0. The van der Waals surface area contributed by atoms with E-state index < -0.39 is 6.10 Å². The Kier molecular flexibility index (Phi) is 40.9. The minimum absolute atomic E-state index is 0.0909. The summed E-state index contributed by atoms with van der Waals surface area (Å²) >= 11 is 0. The van der Waals surface area contributed by atoms with Gasteiger partial charge in [0.15, 0.2) is 6.10 Å². The Morgan fingerprint density at radius 2 is 0.800 bits per heavy atom. The molecule has 0 aliphatic carbocycles. The van der Waals surface area contributed by atoms with Crippen LogP contribution >= 0.6 is 0 Å². The number of hydrogen-bond acceptors (Lipinski definition) is 5. The zero-order valence-corrected chi connectivity index (χ0v) is 33.9. The van der Waals surface area contributed by atoms with Gasteiger partial charge in [0.05, 0.1) is 6.61 Å². The molecule has 0 aliphatic rings. The standard InChI is InChI=1S/C45H86O5/c1-4-7-10-13-16-19-21-23-24-27-29-32-35-38-44(46)49-42-43(50-45(47)39-36-33-30-26-18-15-12-9-6-3)41-48-40-37-34-31-28-25-22-20-17-14-11-8-5-2/h14,17,43H,4-13,15-16,18-42H2,1-3H3/b17-14-. The van der Waals surface area contributed by atoms with E-state index in [1.165, 1.54) is 167 Å². The van der Waals surface area contributed by atoms with Gasteiger partial charge in [-0.05, 0) is 38.5 Å². The third-order valence-electron chi connectivity index (χ3n) is 9.80. The van der Waals surface area contributed by atoms with E-state index in [1.54, 1.807) is 0 Å². The van der Waals surface area contributed by atoms with Crippen LogP contribution in [0.2, 0.25) is 0 Å². The Morgan fingerprint density at radius 1 is 0.420 bits per heavy atom. The largest absolute Gasteiger partial charge is 0.462 e. The maximum absolute atomic E-state index is 12.6. The molecule has 0 saturated heterocycles. The molecule has 0 N–H and O–H groups in total. The van der Waals surface area contributed by atoms with Crippen LogP contribution in [-0.4, -0.2) is 37.9 Å². The second-order valence-electron chi connectivity index (χ2n) is 15.0. The summed E-state index contributed by atoms with van der Waals surface area (Å²) in [6.07, 6.45) is 44.9. The molecule has 0 bridgehead atoms. The number of hydrogen-bond donors (Lipinski definition) is 0. The predicted molar refractivity (Wildman–Crippen MR) is 215 cm³/mol. The fourth-order valence-corrected chi connectivity index (χ4v) is 6.43. The normalized spacial score (nSPS) is 12.1. The van der Waals surface area contributed by atoms with Gasteiger partial charge in [-0.2, -0.15) is 0 Å². The molecule has 0 spiro atoms. The number of rotatable bonds is 41. The van der Waals surface area contributed by atoms with Gasteiger partial charge in [-0.1, -0.05) is 200 Å². The van der Waals surface area contributed by atoms with Crippen molar-refractivity contribution in [3.05, 3.63) is 12.2 Å². The smallest absolute Gasteiger partial charge is 0.306 e. The third-order valence-corrected chi connectivity index (χ3v) is 9.80. The molecule has 0 rings (SSSR count). The summed E-state index contributed by atoms with van der Waals surface area (Å²) in [5.74, 6) is -0.390. The van der Waals surface area contributed by atoms with Gasteiger partial charge in [0.25, 0.3) is 0 Å². The van der Waals surface area contributed by atoms with Crippen molar-refractivity contribution in [3.8, 4) is 0 Å². The third kappa shape index (κ3) is 39.4. The Hall–Kier alpha value is -1.36. The molecular formula is C45H86O5. The molecule has 0 aromatic heterocycles. The molecule has 5 heteroatoms. The Balaban J connectivity index is 4.19. The quantitative estimate of drug-likeness (QED) is 0.0360. The second-order valence-corrected chi connectivity index (χ2v) is 15.0. The summed E-state index contributed by atoms with van der Waals surface area (Å²) < 4.78 is 17.3. The molecule has 50 heavy (non-hydrogen) atoms. The topological polar surface area (TPSA) is 61.8 Å². The molecule has 0 heterocycles. The average Bonchev–Trinajstić information content (AvgIpc) is 3.11. The molecule has 0 aromatic rings. The fraction of sp³-hybridized carbons (Fsp3) is 0.911. The molecule has 0 radical (unpaired) electrons. The minimum Gasteiger partial charge on any atom is -0.462 e. The van der Waals surface area contributed by atoms with Crippen LogP contribution < -0.4 is 0 Å². The van der Waals surface area contributed by atoms with E-state index in [2.05, 4.69) is 32.9 Å². The van der Waals surface area contributed by atoms with Crippen molar-refractivity contribution >= 4 is 11.9 Å². The van der Waals surface area contributed by atoms with Gasteiger partial charge in [0, 0.05) is 19.4 Å². The molecule has 1 atom stereocenters. The zero-order chi connectivity index (χ0) is 36.4. The van der Waals surface area contributed by atoms with Crippen molar-refractivity contribution in [2.24, 2.45) is 0 Å². The number of ether oxygens (including phenoxy) is 3. The number of unbranched alkanes of at least 4 members (excludes halogenated alkanes) is 28. The maximum Gasteiger partial charge on any atom is 0.306 e. The van der Waals surface area contributed by atoms with E-state index in [0.29, 0.717) is 26.1 Å². The minimum atomic E-state index is -0.526. The number of allylic oxidation sites excluding steroid dienone is 2. The van der Waals surface area contributed by atoms with Gasteiger partial charge in [0.1, 0.15) is 6.61 Å². The van der Waals surface area contributed by atoms with E-state index in [9.17, 15) is 9.59 Å². The van der Waals surface area contributed by atoms with Crippen LogP contribution in [0.1, 0.15) is 239 Å². The van der Waals surface area contributed by atoms with Crippen molar-refractivity contribution < 1.29 is 23.8 Å². The number of carbonyl (C=O) groups is 2. The van der Waals surface area contributed by atoms with Crippen LogP contribution in [0, 0.1) is 0 Å². The number of esters is 2. The lowest BCUT2D eigenvalue weighted by Crippen LogP contribution is -2.30. The van der Waals surface area contributed by atoms with E-state index >= 15 is 0 Å². The van der Waals surface area contributed by atoms with Crippen molar-refractivity contribution in [1.82, 2.24) is 0 Å². The van der Waals surface area contributed by atoms with Gasteiger partial charge in [0.2, 0.25) is 0 Å². The van der Waals surface area contributed by atoms with E-state index in [0.717, 1.165) is 38.5 Å². The van der Waals surface area contributed by atoms with Crippen molar-refractivity contribution in [3.63, 3.8) is 0 Å². The molecule has 0 amide bonds. The lowest BCUT2D eigenvalue weighted by molar-refractivity contribution is -0.163. The first-order valence-corrected chi connectivity index (χ1v) is 22.2.